The van der Waals surface area contributed by atoms with Crippen LogP contribution in [-0.2, 0) is 6.42 Å². The summed E-state index contributed by atoms with van der Waals surface area (Å²) in [5.74, 6) is 0. The highest BCUT2D eigenvalue weighted by molar-refractivity contribution is 7.71. The van der Waals surface area contributed by atoms with E-state index in [2.05, 4.69) is 9.97 Å². The van der Waals surface area contributed by atoms with Gasteiger partial charge in [0, 0.05) is 17.2 Å². The first-order valence-electron chi connectivity index (χ1n) is 8.40. The van der Waals surface area contributed by atoms with Gasteiger partial charge in [-0.2, -0.15) is 0 Å². The zero-order chi connectivity index (χ0) is 19.0. The number of nitrogens with zero attached hydrogens (tertiary/aromatic N) is 2. The van der Waals surface area contributed by atoms with Crippen LogP contribution in [0, 0.1) is 4.77 Å². The fourth-order valence-corrected chi connectivity index (χ4v) is 3.37. The summed E-state index contributed by atoms with van der Waals surface area (Å²) in [6.45, 7) is 5.77. The number of pyridine rings is 1. The standard InChI is InChI=1S/C19H19F2N3OS/c1-4-11-5-7-12(8-6-11)14-9-13(16(20)21)15-17(22-14)24(10(2)3)19(26)23-18(15)25/h5-10,16H,4H2,1-3H3,(H,23,25,26). The number of hydrogen-bond donors (Lipinski definition) is 1. The zero-order valence-corrected chi connectivity index (χ0v) is 15.5. The molecule has 26 heavy (non-hydrogen) atoms. The number of benzene rings is 1. The molecule has 0 fully saturated rings. The minimum Gasteiger partial charge on any atom is -0.300 e. The van der Waals surface area contributed by atoms with Gasteiger partial charge in [0.05, 0.1) is 11.1 Å². The molecule has 0 aliphatic heterocycles. The van der Waals surface area contributed by atoms with Gasteiger partial charge in [0.1, 0.15) is 5.65 Å². The van der Waals surface area contributed by atoms with Crippen LogP contribution in [0.25, 0.3) is 22.3 Å². The molecule has 0 aliphatic rings. The lowest BCUT2D eigenvalue weighted by Crippen LogP contribution is -2.19. The minimum absolute atomic E-state index is 0.115. The summed E-state index contributed by atoms with van der Waals surface area (Å²) < 4.78 is 29.2. The maximum atomic E-state index is 13.7. The van der Waals surface area contributed by atoms with E-state index in [1.165, 1.54) is 6.07 Å². The molecule has 0 saturated carbocycles. The second-order valence-electron chi connectivity index (χ2n) is 6.37. The molecule has 0 atom stereocenters. The van der Waals surface area contributed by atoms with Gasteiger partial charge in [-0.1, -0.05) is 31.2 Å². The molecule has 1 N–H and O–H groups in total. The predicted molar refractivity (Wildman–Crippen MR) is 101 cm³/mol. The van der Waals surface area contributed by atoms with Crippen molar-refractivity contribution in [3.8, 4) is 11.3 Å². The molecular weight excluding hydrogens is 356 g/mol. The lowest BCUT2D eigenvalue weighted by molar-refractivity contribution is 0.153. The monoisotopic (exact) mass is 375 g/mol. The van der Waals surface area contributed by atoms with Crippen LogP contribution in [0.2, 0.25) is 0 Å². The predicted octanol–water partition coefficient (Wildman–Crippen LogP) is 5.20. The Morgan fingerprint density at radius 3 is 2.42 bits per heavy atom. The quantitative estimate of drug-likeness (QED) is 0.638. The third kappa shape index (κ3) is 3.19. The van der Waals surface area contributed by atoms with Crippen molar-refractivity contribution in [2.24, 2.45) is 0 Å². The molecule has 3 rings (SSSR count). The van der Waals surface area contributed by atoms with E-state index in [4.69, 9.17) is 12.2 Å². The van der Waals surface area contributed by atoms with Crippen LogP contribution in [0.1, 0.15) is 44.4 Å². The summed E-state index contributed by atoms with van der Waals surface area (Å²) in [4.78, 5) is 19.3. The summed E-state index contributed by atoms with van der Waals surface area (Å²) in [5, 5.41) is -0.115. The molecule has 0 aliphatic carbocycles. The Balaban J connectivity index is 2.41. The molecule has 0 spiro atoms. The van der Waals surface area contributed by atoms with Gasteiger partial charge in [0.25, 0.3) is 12.0 Å². The van der Waals surface area contributed by atoms with Crippen LogP contribution in [0.4, 0.5) is 8.78 Å². The molecule has 136 valence electrons. The first-order chi connectivity index (χ1) is 12.3. The Hall–Kier alpha value is -2.41. The largest absolute Gasteiger partial charge is 0.300 e. The average Bonchev–Trinajstić information content (AvgIpc) is 2.60. The lowest BCUT2D eigenvalue weighted by Gasteiger charge is -2.16. The second kappa shape index (κ2) is 7.07. The normalized spacial score (nSPS) is 11.7. The molecule has 0 unspecified atom stereocenters. The van der Waals surface area contributed by atoms with Gasteiger partial charge in [-0.3, -0.25) is 14.3 Å². The van der Waals surface area contributed by atoms with E-state index in [-0.39, 0.29) is 27.4 Å². The molecule has 2 aromatic heterocycles. The number of alkyl halides is 2. The second-order valence-corrected chi connectivity index (χ2v) is 6.76. The van der Waals surface area contributed by atoms with Crippen molar-refractivity contribution in [2.45, 2.75) is 39.7 Å². The number of rotatable bonds is 4. The molecule has 2 heterocycles. The summed E-state index contributed by atoms with van der Waals surface area (Å²) in [6, 6.07) is 8.73. The van der Waals surface area contributed by atoms with Crippen LogP contribution in [0.5, 0.6) is 0 Å². The Kier molecular flexibility index (Phi) is 5.00. The number of halogens is 2. The number of aromatic amines is 1. The van der Waals surface area contributed by atoms with Gasteiger partial charge in [-0.25, -0.2) is 13.8 Å². The highest BCUT2D eigenvalue weighted by Gasteiger charge is 2.21. The van der Waals surface area contributed by atoms with Crippen molar-refractivity contribution < 1.29 is 8.78 Å². The highest BCUT2D eigenvalue weighted by Crippen LogP contribution is 2.30. The Labute approximate surface area is 154 Å². The number of hydrogen-bond acceptors (Lipinski definition) is 3. The van der Waals surface area contributed by atoms with Crippen LogP contribution < -0.4 is 5.56 Å². The summed E-state index contributed by atoms with van der Waals surface area (Å²) in [7, 11) is 0. The van der Waals surface area contributed by atoms with Gasteiger partial charge in [0.2, 0.25) is 0 Å². The Morgan fingerprint density at radius 1 is 1.23 bits per heavy atom. The lowest BCUT2D eigenvalue weighted by atomic mass is 10.0. The van der Waals surface area contributed by atoms with E-state index in [1.54, 1.807) is 4.57 Å². The van der Waals surface area contributed by atoms with E-state index in [0.29, 0.717) is 11.3 Å². The summed E-state index contributed by atoms with van der Waals surface area (Å²) in [6.07, 6.45) is -1.91. The number of H-pyrrole nitrogens is 1. The van der Waals surface area contributed by atoms with Gasteiger partial charge < -0.3 is 0 Å². The average molecular weight is 375 g/mol. The number of nitrogens with one attached hydrogen (secondary N) is 1. The van der Waals surface area contributed by atoms with Gasteiger partial charge in [-0.15, -0.1) is 0 Å². The van der Waals surface area contributed by atoms with Crippen molar-refractivity contribution in [3.63, 3.8) is 0 Å². The zero-order valence-electron chi connectivity index (χ0n) is 14.7. The van der Waals surface area contributed by atoms with Gasteiger partial charge in [0.15, 0.2) is 4.77 Å². The topological polar surface area (TPSA) is 50.7 Å². The van der Waals surface area contributed by atoms with Crippen LogP contribution in [0.15, 0.2) is 35.1 Å². The van der Waals surface area contributed by atoms with Crippen LogP contribution in [0.3, 0.4) is 0 Å². The molecule has 4 nitrogen and oxygen atoms in total. The van der Waals surface area contributed by atoms with Crippen molar-refractivity contribution in [1.82, 2.24) is 14.5 Å². The van der Waals surface area contributed by atoms with Crippen LogP contribution in [-0.4, -0.2) is 14.5 Å². The third-order valence-corrected chi connectivity index (χ3v) is 4.63. The van der Waals surface area contributed by atoms with E-state index in [1.807, 2.05) is 45.0 Å². The van der Waals surface area contributed by atoms with E-state index >= 15 is 0 Å². The number of aromatic nitrogens is 3. The molecule has 0 saturated heterocycles. The first kappa shape index (κ1) is 18.4. The fourth-order valence-electron chi connectivity index (χ4n) is 2.98. The molecule has 1 aromatic carbocycles. The van der Waals surface area contributed by atoms with Crippen LogP contribution >= 0.6 is 12.2 Å². The van der Waals surface area contributed by atoms with E-state index in [0.717, 1.165) is 12.0 Å². The number of fused-ring (bicyclic) bond motifs is 1. The molecule has 3 aromatic rings. The van der Waals surface area contributed by atoms with Crippen molar-refractivity contribution in [2.75, 3.05) is 0 Å². The fraction of sp³-hybridized carbons (Fsp3) is 0.316. The van der Waals surface area contributed by atoms with E-state index < -0.39 is 12.0 Å². The maximum absolute atomic E-state index is 13.7. The summed E-state index contributed by atoms with van der Waals surface area (Å²) >= 11 is 5.22. The molecule has 7 heteroatoms. The highest BCUT2D eigenvalue weighted by atomic mass is 32.1. The van der Waals surface area contributed by atoms with Crippen molar-refractivity contribution in [1.29, 1.82) is 0 Å². The smallest absolute Gasteiger partial charge is 0.264 e. The van der Waals surface area contributed by atoms with Gasteiger partial charge >= 0.3 is 0 Å². The third-order valence-electron chi connectivity index (χ3n) is 4.33. The molecule has 0 amide bonds. The number of aryl methyl sites for hydroxylation is 1. The summed E-state index contributed by atoms with van der Waals surface area (Å²) in [5.41, 5.74) is 1.46. The molecule has 0 radical (unpaired) electrons. The SMILES string of the molecule is CCc1ccc(-c2cc(C(F)F)c3c(=O)[nH]c(=S)n(C(C)C)c3n2)cc1. The Bertz CT molecular complexity index is 1070. The maximum Gasteiger partial charge on any atom is 0.264 e. The van der Waals surface area contributed by atoms with E-state index in [9.17, 15) is 13.6 Å². The van der Waals surface area contributed by atoms with Crippen molar-refractivity contribution >= 4 is 23.3 Å². The van der Waals surface area contributed by atoms with Gasteiger partial charge in [-0.05, 0) is 44.1 Å². The Morgan fingerprint density at radius 2 is 1.88 bits per heavy atom. The minimum atomic E-state index is -2.80. The van der Waals surface area contributed by atoms with Crippen molar-refractivity contribution in [3.05, 3.63) is 56.6 Å². The first-order valence-corrected chi connectivity index (χ1v) is 8.81. The molecule has 0 bridgehead atoms. The molecular formula is C19H19F2N3OS.